The van der Waals surface area contributed by atoms with Crippen LogP contribution in [0.3, 0.4) is 0 Å². The van der Waals surface area contributed by atoms with E-state index in [2.05, 4.69) is 46.8 Å². The number of thioether (sulfide) groups is 1. The van der Waals surface area contributed by atoms with Gasteiger partial charge in [-0.2, -0.15) is 0 Å². The van der Waals surface area contributed by atoms with Crippen LogP contribution in [0.15, 0.2) is 78.0 Å². The predicted molar refractivity (Wildman–Crippen MR) is 136 cm³/mol. The minimum atomic E-state index is -0.159. The Morgan fingerprint density at radius 3 is 2.18 bits per heavy atom. The second-order valence-corrected chi connectivity index (χ2v) is 8.81. The molecule has 7 nitrogen and oxygen atoms in total. The third-order valence-electron chi connectivity index (χ3n) is 5.24. The van der Waals surface area contributed by atoms with E-state index in [0.717, 1.165) is 17.1 Å². The van der Waals surface area contributed by atoms with E-state index in [1.165, 1.54) is 29.8 Å². The summed E-state index contributed by atoms with van der Waals surface area (Å²) in [7, 11) is 0. The Hall–Kier alpha value is -3.91. The van der Waals surface area contributed by atoms with Gasteiger partial charge in [-0.25, -0.2) is 0 Å². The molecule has 0 fully saturated rings. The number of nitrogens with zero attached hydrogens (tertiary/aromatic N) is 3. The summed E-state index contributed by atoms with van der Waals surface area (Å²) in [5.74, 6) is 0.593. The zero-order valence-corrected chi connectivity index (χ0v) is 20.0. The molecule has 1 heterocycles. The van der Waals surface area contributed by atoms with Gasteiger partial charge in [-0.3, -0.25) is 14.2 Å². The fourth-order valence-corrected chi connectivity index (χ4v) is 4.15. The number of carbonyl (C=O) groups excluding carboxylic acids is 2. The molecule has 0 saturated heterocycles. The zero-order chi connectivity index (χ0) is 24.1. The topological polar surface area (TPSA) is 88.9 Å². The van der Waals surface area contributed by atoms with Crippen LogP contribution < -0.4 is 10.6 Å². The molecular formula is C26H25N5O2S. The lowest BCUT2D eigenvalue weighted by Crippen LogP contribution is -2.14. The first-order valence-corrected chi connectivity index (χ1v) is 11.8. The Morgan fingerprint density at radius 2 is 1.53 bits per heavy atom. The molecule has 0 bridgehead atoms. The van der Waals surface area contributed by atoms with Crippen molar-refractivity contribution in [3.8, 4) is 17.1 Å². The lowest BCUT2D eigenvalue weighted by molar-refractivity contribution is -0.114. The molecule has 8 heteroatoms. The Balaban J connectivity index is 1.53. The molecule has 172 valence electrons. The van der Waals surface area contributed by atoms with Gasteiger partial charge in [0, 0.05) is 23.9 Å². The standard InChI is InChI=1S/C26H25N5O2S/c1-17-9-14-23(15-18(17)2)31-25(20-7-5-4-6-8-20)29-30-26(31)34-16-24(33)28-22-12-10-21(11-13-22)27-19(3)32/h4-15H,16H2,1-3H3,(H,27,32)(H,28,33). The number of aromatic nitrogens is 3. The molecule has 0 radical (unpaired) electrons. The van der Waals surface area contributed by atoms with Crippen LogP contribution >= 0.6 is 11.8 Å². The highest BCUT2D eigenvalue weighted by Crippen LogP contribution is 2.29. The van der Waals surface area contributed by atoms with E-state index in [4.69, 9.17) is 0 Å². The van der Waals surface area contributed by atoms with Gasteiger partial charge in [-0.1, -0.05) is 48.2 Å². The highest BCUT2D eigenvalue weighted by molar-refractivity contribution is 7.99. The van der Waals surface area contributed by atoms with E-state index in [0.29, 0.717) is 16.5 Å². The Kier molecular flexibility index (Phi) is 7.08. The summed E-state index contributed by atoms with van der Waals surface area (Å²) in [4.78, 5) is 23.8. The first kappa shape index (κ1) is 23.3. The van der Waals surface area contributed by atoms with E-state index in [-0.39, 0.29) is 17.6 Å². The summed E-state index contributed by atoms with van der Waals surface area (Å²) in [5.41, 5.74) is 5.60. The van der Waals surface area contributed by atoms with Gasteiger partial charge in [0.15, 0.2) is 11.0 Å². The zero-order valence-electron chi connectivity index (χ0n) is 19.2. The van der Waals surface area contributed by atoms with Crippen molar-refractivity contribution in [2.45, 2.75) is 25.9 Å². The number of rotatable bonds is 7. The third kappa shape index (κ3) is 5.52. The average Bonchev–Trinajstić information content (AvgIpc) is 3.25. The number of carbonyl (C=O) groups is 2. The molecule has 0 atom stereocenters. The Morgan fingerprint density at radius 1 is 0.853 bits per heavy atom. The quantitative estimate of drug-likeness (QED) is 0.360. The lowest BCUT2D eigenvalue weighted by Gasteiger charge is -2.12. The van der Waals surface area contributed by atoms with Crippen molar-refractivity contribution < 1.29 is 9.59 Å². The van der Waals surface area contributed by atoms with Crippen LogP contribution in [0.25, 0.3) is 17.1 Å². The Labute approximate surface area is 202 Å². The van der Waals surface area contributed by atoms with Crippen LogP contribution in [-0.2, 0) is 9.59 Å². The van der Waals surface area contributed by atoms with Crippen LogP contribution in [-0.4, -0.2) is 32.3 Å². The molecule has 0 aliphatic heterocycles. The molecule has 4 aromatic rings. The number of anilines is 2. The summed E-state index contributed by atoms with van der Waals surface area (Å²) in [6.07, 6.45) is 0. The molecule has 0 spiro atoms. The molecule has 0 saturated carbocycles. The van der Waals surface area contributed by atoms with Crippen molar-refractivity contribution >= 4 is 35.0 Å². The van der Waals surface area contributed by atoms with Crippen LogP contribution in [0.1, 0.15) is 18.1 Å². The van der Waals surface area contributed by atoms with E-state index in [1.54, 1.807) is 24.3 Å². The van der Waals surface area contributed by atoms with Gasteiger partial charge in [0.25, 0.3) is 0 Å². The van der Waals surface area contributed by atoms with Gasteiger partial charge in [-0.15, -0.1) is 10.2 Å². The number of benzene rings is 3. The second-order valence-electron chi connectivity index (χ2n) is 7.87. The normalized spacial score (nSPS) is 10.7. The highest BCUT2D eigenvalue weighted by Gasteiger charge is 2.17. The maximum Gasteiger partial charge on any atom is 0.234 e. The molecule has 0 aliphatic rings. The van der Waals surface area contributed by atoms with Crippen LogP contribution in [0.2, 0.25) is 0 Å². The monoisotopic (exact) mass is 471 g/mol. The van der Waals surface area contributed by atoms with Crippen LogP contribution in [0.5, 0.6) is 0 Å². The van der Waals surface area contributed by atoms with Gasteiger partial charge in [0.1, 0.15) is 0 Å². The van der Waals surface area contributed by atoms with Crippen molar-refractivity contribution in [2.75, 3.05) is 16.4 Å². The number of hydrogen-bond donors (Lipinski definition) is 2. The average molecular weight is 472 g/mol. The van der Waals surface area contributed by atoms with Crippen LogP contribution in [0, 0.1) is 13.8 Å². The number of nitrogens with one attached hydrogen (secondary N) is 2. The SMILES string of the molecule is CC(=O)Nc1ccc(NC(=O)CSc2nnc(-c3ccccc3)n2-c2ccc(C)c(C)c2)cc1. The van der Waals surface area contributed by atoms with Crippen molar-refractivity contribution in [1.82, 2.24) is 14.8 Å². The molecule has 1 aromatic heterocycles. The van der Waals surface area contributed by atoms with E-state index >= 15 is 0 Å². The fourth-order valence-electron chi connectivity index (χ4n) is 3.40. The smallest absolute Gasteiger partial charge is 0.234 e. The van der Waals surface area contributed by atoms with E-state index < -0.39 is 0 Å². The molecule has 34 heavy (non-hydrogen) atoms. The van der Waals surface area contributed by atoms with E-state index in [9.17, 15) is 9.59 Å². The molecule has 0 aliphatic carbocycles. The molecule has 4 rings (SSSR count). The summed E-state index contributed by atoms with van der Waals surface area (Å²) in [6.45, 7) is 5.60. The van der Waals surface area contributed by atoms with Crippen molar-refractivity contribution in [3.05, 3.63) is 83.9 Å². The minimum absolute atomic E-state index is 0.143. The third-order valence-corrected chi connectivity index (χ3v) is 6.16. The molecule has 2 amide bonds. The van der Waals surface area contributed by atoms with Gasteiger partial charge in [-0.05, 0) is 61.4 Å². The molecule has 2 N–H and O–H groups in total. The summed E-state index contributed by atoms with van der Waals surface area (Å²) in [6, 6.07) is 23.1. The minimum Gasteiger partial charge on any atom is -0.326 e. The van der Waals surface area contributed by atoms with Crippen molar-refractivity contribution in [1.29, 1.82) is 0 Å². The van der Waals surface area contributed by atoms with Gasteiger partial charge < -0.3 is 10.6 Å². The van der Waals surface area contributed by atoms with Crippen LogP contribution in [0.4, 0.5) is 11.4 Å². The molecule has 3 aromatic carbocycles. The summed E-state index contributed by atoms with van der Waals surface area (Å²) < 4.78 is 1.99. The van der Waals surface area contributed by atoms with Gasteiger partial charge in [0.05, 0.1) is 11.4 Å². The van der Waals surface area contributed by atoms with Crippen molar-refractivity contribution in [3.63, 3.8) is 0 Å². The molecule has 0 unspecified atom stereocenters. The lowest BCUT2D eigenvalue weighted by atomic mass is 10.1. The van der Waals surface area contributed by atoms with E-state index in [1.807, 2.05) is 41.0 Å². The predicted octanol–water partition coefficient (Wildman–Crippen LogP) is 5.24. The first-order chi connectivity index (χ1) is 16.4. The van der Waals surface area contributed by atoms with Gasteiger partial charge >= 0.3 is 0 Å². The highest BCUT2D eigenvalue weighted by atomic mass is 32.2. The van der Waals surface area contributed by atoms with Gasteiger partial charge in [0.2, 0.25) is 11.8 Å². The fraction of sp³-hybridized carbons (Fsp3) is 0.154. The number of hydrogen-bond acceptors (Lipinski definition) is 5. The summed E-state index contributed by atoms with van der Waals surface area (Å²) >= 11 is 1.33. The number of amides is 2. The second kappa shape index (κ2) is 10.4. The first-order valence-electron chi connectivity index (χ1n) is 10.8. The summed E-state index contributed by atoms with van der Waals surface area (Å²) in [5, 5.41) is 15.0. The number of aryl methyl sites for hydroxylation is 2. The maximum absolute atomic E-state index is 12.6. The molecular weight excluding hydrogens is 446 g/mol. The maximum atomic E-state index is 12.6. The largest absolute Gasteiger partial charge is 0.326 e. The van der Waals surface area contributed by atoms with Crippen molar-refractivity contribution in [2.24, 2.45) is 0 Å². The Bertz CT molecular complexity index is 1320.